The van der Waals surface area contributed by atoms with Crippen molar-refractivity contribution in [2.75, 3.05) is 24.9 Å². The average molecular weight is 364 g/mol. The maximum absolute atomic E-state index is 12.1. The molecule has 1 amide bonds. The molecule has 0 heterocycles. The van der Waals surface area contributed by atoms with Crippen molar-refractivity contribution in [3.8, 4) is 0 Å². The predicted molar refractivity (Wildman–Crippen MR) is 102 cm³/mol. The highest BCUT2D eigenvalue weighted by Crippen LogP contribution is 2.23. The van der Waals surface area contributed by atoms with Crippen molar-refractivity contribution in [3.05, 3.63) is 42.5 Å². The Balaban J connectivity index is 1.91. The fourth-order valence-electron chi connectivity index (χ4n) is 2.27. The number of ether oxygens (including phenoxy) is 1. The van der Waals surface area contributed by atoms with Gasteiger partial charge in [0.1, 0.15) is 6.04 Å². The Kier molecular flexibility index (Phi) is 7.46. The fraction of sp³-hybridized carbons (Fsp3) is 0.333. The highest BCUT2D eigenvalue weighted by atomic mass is 32.2. The van der Waals surface area contributed by atoms with Crippen LogP contribution in [0.1, 0.15) is 6.42 Å². The van der Waals surface area contributed by atoms with Crippen LogP contribution in [-0.4, -0.2) is 42.8 Å². The van der Waals surface area contributed by atoms with Crippen LogP contribution < -0.4 is 5.32 Å². The SMILES string of the molecule is COC(=O)[C@@H](CCSC)NC(=O)CSc1ccc2ccccc2c1. The zero-order valence-corrected chi connectivity index (χ0v) is 15.4. The maximum atomic E-state index is 12.1. The number of methoxy groups -OCH3 is 1. The molecule has 1 N–H and O–H groups in total. The van der Waals surface area contributed by atoms with Crippen LogP contribution in [-0.2, 0) is 14.3 Å². The van der Waals surface area contributed by atoms with Gasteiger partial charge in [-0.25, -0.2) is 4.79 Å². The molecule has 2 aromatic rings. The Bertz CT molecular complexity index is 705. The second-order valence-electron chi connectivity index (χ2n) is 5.22. The number of carbonyl (C=O) groups is 2. The molecule has 0 bridgehead atoms. The highest BCUT2D eigenvalue weighted by molar-refractivity contribution is 8.00. The van der Waals surface area contributed by atoms with Crippen molar-refractivity contribution in [3.63, 3.8) is 0 Å². The van der Waals surface area contributed by atoms with E-state index in [1.54, 1.807) is 11.8 Å². The molecular formula is C18H21NO3S2. The topological polar surface area (TPSA) is 55.4 Å². The first-order valence-electron chi connectivity index (χ1n) is 7.61. The number of hydrogen-bond donors (Lipinski definition) is 1. The summed E-state index contributed by atoms with van der Waals surface area (Å²) in [5.74, 6) is 0.501. The van der Waals surface area contributed by atoms with Crippen LogP contribution in [0.3, 0.4) is 0 Å². The van der Waals surface area contributed by atoms with Gasteiger partial charge < -0.3 is 10.1 Å². The van der Waals surface area contributed by atoms with Crippen molar-refractivity contribution in [2.24, 2.45) is 0 Å². The minimum absolute atomic E-state index is 0.162. The van der Waals surface area contributed by atoms with Gasteiger partial charge in [0.05, 0.1) is 12.9 Å². The van der Waals surface area contributed by atoms with Crippen molar-refractivity contribution in [2.45, 2.75) is 17.4 Å². The lowest BCUT2D eigenvalue weighted by Crippen LogP contribution is -2.42. The molecule has 0 spiro atoms. The molecule has 0 aliphatic rings. The van der Waals surface area contributed by atoms with Gasteiger partial charge in [-0.05, 0) is 41.3 Å². The summed E-state index contributed by atoms with van der Waals surface area (Å²) in [5, 5.41) is 5.09. The Morgan fingerprint density at radius 3 is 2.62 bits per heavy atom. The van der Waals surface area contributed by atoms with Gasteiger partial charge in [0.2, 0.25) is 5.91 Å². The second kappa shape index (κ2) is 9.59. The Hall–Kier alpha value is -1.66. The van der Waals surface area contributed by atoms with Crippen molar-refractivity contribution in [1.82, 2.24) is 5.32 Å². The number of hydrogen-bond acceptors (Lipinski definition) is 5. The summed E-state index contributed by atoms with van der Waals surface area (Å²) in [4.78, 5) is 24.9. The molecule has 0 aliphatic heterocycles. The zero-order chi connectivity index (χ0) is 17.4. The van der Waals surface area contributed by atoms with Gasteiger partial charge in [-0.3, -0.25) is 4.79 Å². The second-order valence-corrected chi connectivity index (χ2v) is 7.26. The third kappa shape index (κ3) is 5.46. The number of amides is 1. The van der Waals surface area contributed by atoms with E-state index in [0.717, 1.165) is 16.0 Å². The molecule has 0 aliphatic carbocycles. The molecule has 4 nitrogen and oxygen atoms in total. The van der Waals surface area contributed by atoms with E-state index in [4.69, 9.17) is 4.74 Å². The monoisotopic (exact) mass is 363 g/mol. The van der Waals surface area contributed by atoms with E-state index >= 15 is 0 Å². The van der Waals surface area contributed by atoms with Gasteiger partial charge in [0.15, 0.2) is 0 Å². The van der Waals surface area contributed by atoms with E-state index in [9.17, 15) is 9.59 Å². The summed E-state index contributed by atoms with van der Waals surface area (Å²) in [6.07, 6.45) is 2.53. The first-order chi connectivity index (χ1) is 11.6. The predicted octanol–water partition coefficient (Wildman–Crippen LogP) is 3.34. The minimum Gasteiger partial charge on any atom is -0.467 e. The van der Waals surface area contributed by atoms with Gasteiger partial charge in [-0.15, -0.1) is 11.8 Å². The van der Waals surface area contributed by atoms with Crippen molar-refractivity contribution < 1.29 is 14.3 Å². The number of thioether (sulfide) groups is 2. The normalized spacial score (nSPS) is 11.9. The summed E-state index contributed by atoms with van der Waals surface area (Å²) < 4.78 is 4.75. The minimum atomic E-state index is -0.577. The zero-order valence-electron chi connectivity index (χ0n) is 13.8. The van der Waals surface area contributed by atoms with Crippen LogP contribution in [0.15, 0.2) is 47.4 Å². The van der Waals surface area contributed by atoms with Crippen LogP contribution in [0.4, 0.5) is 0 Å². The van der Waals surface area contributed by atoms with Crippen LogP contribution in [0.2, 0.25) is 0 Å². The van der Waals surface area contributed by atoms with Crippen molar-refractivity contribution >= 4 is 46.2 Å². The van der Waals surface area contributed by atoms with Gasteiger partial charge in [0, 0.05) is 4.90 Å². The van der Waals surface area contributed by atoms with E-state index in [1.165, 1.54) is 24.3 Å². The standard InChI is InChI=1S/C18H21NO3S2/c1-22-18(21)16(9-10-23-2)19-17(20)12-24-15-8-7-13-5-3-4-6-14(13)11-15/h3-8,11,16H,9-10,12H2,1-2H3,(H,19,20)/t16-/m1/s1. The molecule has 2 aromatic carbocycles. The molecule has 128 valence electrons. The largest absolute Gasteiger partial charge is 0.467 e. The van der Waals surface area contributed by atoms with Gasteiger partial charge in [-0.1, -0.05) is 30.3 Å². The first kappa shape index (κ1) is 18.7. The molecule has 0 saturated heterocycles. The lowest BCUT2D eigenvalue weighted by molar-refractivity contribution is -0.144. The lowest BCUT2D eigenvalue weighted by atomic mass is 10.1. The smallest absolute Gasteiger partial charge is 0.328 e. The third-order valence-electron chi connectivity index (χ3n) is 3.52. The number of benzene rings is 2. The fourth-order valence-corrected chi connectivity index (χ4v) is 3.50. The third-order valence-corrected chi connectivity index (χ3v) is 5.16. The lowest BCUT2D eigenvalue weighted by Gasteiger charge is -2.15. The summed E-state index contributed by atoms with van der Waals surface area (Å²) in [7, 11) is 1.34. The van der Waals surface area contributed by atoms with Gasteiger partial charge >= 0.3 is 5.97 Å². The summed E-state index contributed by atoms with van der Waals surface area (Å²) in [5.41, 5.74) is 0. The summed E-state index contributed by atoms with van der Waals surface area (Å²) in [6, 6.07) is 13.7. The van der Waals surface area contributed by atoms with E-state index in [1.807, 2.05) is 30.5 Å². The van der Waals surface area contributed by atoms with Crippen molar-refractivity contribution in [1.29, 1.82) is 0 Å². The molecule has 0 aromatic heterocycles. The molecule has 24 heavy (non-hydrogen) atoms. The van der Waals surface area contributed by atoms with Crippen LogP contribution in [0.25, 0.3) is 10.8 Å². The number of carbonyl (C=O) groups excluding carboxylic acids is 2. The average Bonchev–Trinajstić information content (AvgIpc) is 2.62. The van der Waals surface area contributed by atoms with E-state index in [2.05, 4.69) is 23.5 Å². The first-order valence-corrected chi connectivity index (χ1v) is 9.99. The molecule has 2 rings (SSSR count). The maximum Gasteiger partial charge on any atom is 0.328 e. The molecule has 6 heteroatoms. The number of rotatable bonds is 8. The van der Waals surface area contributed by atoms with Crippen LogP contribution in [0.5, 0.6) is 0 Å². The molecular weight excluding hydrogens is 342 g/mol. The van der Waals surface area contributed by atoms with Gasteiger partial charge in [0.25, 0.3) is 0 Å². The highest BCUT2D eigenvalue weighted by Gasteiger charge is 2.20. The number of nitrogens with one attached hydrogen (secondary N) is 1. The summed E-state index contributed by atoms with van der Waals surface area (Å²) in [6.45, 7) is 0. The van der Waals surface area contributed by atoms with Crippen LogP contribution in [0, 0.1) is 0 Å². The molecule has 1 atom stereocenters. The van der Waals surface area contributed by atoms with Crippen LogP contribution >= 0.6 is 23.5 Å². The quantitative estimate of drug-likeness (QED) is 0.576. The number of fused-ring (bicyclic) bond motifs is 1. The van der Waals surface area contributed by atoms with E-state index in [0.29, 0.717) is 6.42 Å². The van der Waals surface area contributed by atoms with E-state index < -0.39 is 12.0 Å². The molecule has 0 unspecified atom stereocenters. The van der Waals surface area contributed by atoms with Gasteiger partial charge in [-0.2, -0.15) is 11.8 Å². The number of esters is 1. The molecule has 0 saturated carbocycles. The Labute approximate surface area is 150 Å². The molecule has 0 fully saturated rings. The summed E-state index contributed by atoms with van der Waals surface area (Å²) >= 11 is 3.09. The Morgan fingerprint density at radius 2 is 1.92 bits per heavy atom. The van der Waals surface area contributed by atoms with E-state index in [-0.39, 0.29) is 11.7 Å². The molecule has 0 radical (unpaired) electrons. The Morgan fingerprint density at radius 1 is 1.17 bits per heavy atom.